The molecule has 1 spiro atoms. The second kappa shape index (κ2) is 11.0. The second-order valence-electron chi connectivity index (χ2n) is 12.8. The monoisotopic (exact) mass is 601 g/mol. The van der Waals surface area contributed by atoms with Crippen LogP contribution in [-0.4, -0.2) is 87.4 Å². The van der Waals surface area contributed by atoms with Gasteiger partial charge in [-0.2, -0.15) is 15.2 Å². The Kier molecular flexibility index (Phi) is 7.24. The van der Waals surface area contributed by atoms with Crippen LogP contribution in [0.15, 0.2) is 22.7 Å². The Morgan fingerprint density at radius 2 is 2.02 bits per heavy atom. The number of nitrogens with zero attached hydrogens (tertiary/aromatic N) is 5. The molecule has 4 aliphatic rings. The number of likely N-dealkylation sites (N-methyl/N-ethyl adjacent to an activating group) is 1. The van der Waals surface area contributed by atoms with E-state index in [9.17, 15) is 15.5 Å². The number of aryl methyl sites for hydroxylation is 1. The van der Waals surface area contributed by atoms with Gasteiger partial charge in [0.15, 0.2) is 17.3 Å². The van der Waals surface area contributed by atoms with Gasteiger partial charge >= 0.3 is 0 Å². The first kappa shape index (κ1) is 29.0. The molecule has 5 N–H and O–H groups in total. The SMILES string of the molecule is C[C@H](Oc1cc(OC2CNC2(CO)CO)nc(-c2noc3c2CCCC32CCc3ccc(N)c(C#N)c32)n1)[C@@H]1CCCN1C. The predicted molar refractivity (Wildman–Crippen MR) is 160 cm³/mol. The van der Waals surface area contributed by atoms with Gasteiger partial charge in [0.05, 0.1) is 30.3 Å². The molecule has 0 saturated carbocycles. The minimum absolute atomic E-state index is 0.128. The second-order valence-corrected chi connectivity index (χ2v) is 12.8. The number of benzene rings is 1. The van der Waals surface area contributed by atoms with E-state index < -0.39 is 17.1 Å². The van der Waals surface area contributed by atoms with Crippen molar-refractivity contribution < 1.29 is 24.2 Å². The fourth-order valence-electron chi connectivity index (χ4n) is 7.83. The van der Waals surface area contributed by atoms with Crippen LogP contribution in [0.25, 0.3) is 11.5 Å². The molecule has 3 aromatic rings. The van der Waals surface area contributed by atoms with Gasteiger partial charge in [-0.25, -0.2) is 0 Å². The van der Waals surface area contributed by atoms with Crippen LogP contribution >= 0.6 is 0 Å². The van der Waals surface area contributed by atoms with Crippen molar-refractivity contribution in [2.24, 2.45) is 0 Å². The van der Waals surface area contributed by atoms with Crippen LogP contribution in [0.5, 0.6) is 11.8 Å². The molecule has 2 aromatic heterocycles. The third-order valence-corrected chi connectivity index (χ3v) is 10.4. The lowest BCUT2D eigenvalue weighted by atomic mass is 9.68. The van der Waals surface area contributed by atoms with Crippen LogP contribution in [-0.2, 0) is 18.3 Å². The van der Waals surface area contributed by atoms with Crippen LogP contribution in [0, 0.1) is 11.3 Å². The molecule has 4 heterocycles. The van der Waals surface area contributed by atoms with E-state index in [2.05, 4.69) is 28.5 Å². The third-order valence-electron chi connectivity index (χ3n) is 10.4. The number of likely N-dealkylation sites (tertiary alicyclic amines) is 1. The first-order valence-corrected chi connectivity index (χ1v) is 15.5. The summed E-state index contributed by atoms with van der Waals surface area (Å²) in [5.74, 6) is 1.70. The number of aliphatic hydroxyl groups excluding tert-OH is 2. The molecule has 2 aliphatic carbocycles. The molecule has 232 valence electrons. The average molecular weight is 602 g/mol. The van der Waals surface area contributed by atoms with E-state index in [-0.39, 0.29) is 31.2 Å². The number of aromatic nitrogens is 3. The first-order chi connectivity index (χ1) is 21.3. The highest BCUT2D eigenvalue weighted by Gasteiger charge is 2.50. The fourth-order valence-corrected chi connectivity index (χ4v) is 7.83. The number of nitrogen functional groups attached to an aromatic ring is 1. The Morgan fingerprint density at radius 1 is 1.20 bits per heavy atom. The molecule has 44 heavy (non-hydrogen) atoms. The molecule has 2 unspecified atom stereocenters. The van der Waals surface area contributed by atoms with Gasteiger partial charge in [0, 0.05) is 23.8 Å². The first-order valence-electron chi connectivity index (χ1n) is 15.5. The van der Waals surface area contributed by atoms with E-state index in [0.717, 1.165) is 73.9 Å². The standard InChI is InChI=1S/C32H39N7O5/c1-18(23-6-4-12-39(23)2)42-25-13-26(43-24-15-35-32(24,16-40)17-41)37-30(36-25)28-20-5-3-10-31(29(20)44-38-28)11-9-19-7-8-22(34)21(14-33)27(19)31/h7-8,13,18,23-24,35,40-41H,3-6,9-12,15-17,34H2,1-2H3/t18-,23-,24?,31?/m0/s1. The lowest BCUT2D eigenvalue weighted by Crippen LogP contribution is -2.74. The van der Waals surface area contributed by atoms with E-state index in [1.54, 1.807) is 6.07 Å². The molecule has 2 fully saturated rings. The Hall–Kier alpha value is -3.76. The van der Waals surface area contributed by atoms with Crippen LogP contribution in [0.3, 0.4) is 0 Å². The van der Waals surface area contributed by atoms with Crippen LogP contribution < -0.4 is 20.5 Å². The zero-order chi connectivity index (χ0) is 30.6. The highest BCUT2D eigenvalue weighted by Crippen LogP contribution is 2.54. The van der Waals surface area contributed by atoms with Gasteiger partial charge in [0.1, 0.15) is 23.8 Å². The van der Waals surface area contributed by atoms with Crippen LogP contribution in [0.4, 0.5) is 5.69 Å². The quantitative estimate of drug-likeness (QED) is 0.277. The minimum Gasteiger partial charge on any atom is -0.473 e. The van der Waals surface area contributed by atoms with E-state index in [4.69, 9.17) is 29.7 Å². The topological polar surface area (TPSA) is 176 Å². The van der Waals surface area contributed by atoms with Gasteiger partial charge in [0.2, 0.25) is 11.8 Å². The number of nitrogens with one attached hydrogen (secondary N) is 1. The van der Waals surface area contributed by atoms with Gasteiger partial charge in [-0.3, -0.25) is 4.90 Å². The Balaban J connectivity index is 1.29. The molecule has 4 atom stereocenters. The van der Waals surface area contributed by atoms with Gasteiger partial charge in [0.25, 0.3) is 0 Å². The number of fused-ring (bicyclic) bond motifs is 4. The Bertz CT molecular complexity index is 1610. The molecule has 0 amide bonds. The molecule has 12 nitrogen and oxygen atoms in total. The molecule has 1 aromatic carbocycles. The van der Waals surface area contributed by atoms with Crippen molar-refractivity contribution in [3.05, 3.63) is 46.2 Å². The predicted octanol–water partition coefficient (Wildman–Crippen LogP) is 2.09. The van der Waals surface area contributed by atoms with E-state index in [1.165, 1.54) is 0 Å². The maximum atomic E-state index is 10.1. The summed E-state index contributed by atoms with van der Waals surface area (Å²) in [6, 6.07) is 8.11. The van der Waals surface area contributed by atoms with Crippen LogP contribution in [0.1, 0.15) is 67.0 Å². The Morgan fingerprint density at radius 3 is 2.73 bits per heavy atom. The van der Waals surface area contributed by atoms with Crippen molar-refractivity contribution in [1.29, 1.82) is 5.26 Å². The molecule has 7 rings (SSSR count). The molecular weight excluding hydrogens is 562 g/mol. The molecule has 0 radical (unpaired) electrons. The van der Waals surface area contributed by atoms with Crippen LogP contribution in [0.2, 0.25) is 0 Å². The number of rotatable bonds is 8. The van der Waals surface area contributed by atoms with E-state index >= 15 is 0 Å². The van der Waals surface area contributed by atoms with E-state index in [0.29, 0.717) is 35.2 Å². The summed E-state index contributed by atoms with van der Waals surface area (Å²) in [5.41, 5.74) is 9.37. The van der Waals surface area contributed by atoms with Crippen molar-refractivity contribution >= 4 is 5.69 Å². The largest absolute Gasteiger partial charge is 0.473 e. The summed E-state index contributed by atoms with van der Waals surface area (Å²) in [7, 11) is 2.11. The molecule has 2 saturated heterocycles. The van der Waals surface area contributed by atoms with Gasteiger partial charge in [-0.05, 0) is 82.7 Å². The Labute approximate surface area is 256 Å². The van der Waals surface area contributed by atoms with Gasteiger partial charge in [-0.15, -0.1) is 0 Å². The zero-order valence-electron chi connectivity index (χ0n) is 25.2. The van der Waals surface area contributed by atoms with Crippen molar-refractivity contribution in [1.82, 2.24) is 25.3 Å². The molecule has 12 heteroatoms. The van der Waals surface area contributed by atoms with Crippen molar-refractivity contribution in [2.45, 2.75) is 81.1 Å². The summed E-state index contributed by atoms with van der Waals surface area (Å²) < 4.78 is 18.8. The number of hydrogen-bond donors (Lipinski definition) is 4. The molecule has 0 bridgehead atoms. The lowest BCUT2D eigenvalue weighted by Gasteiger charge is -2.47. The number of anilines is 1. The number of hydrogen-bond acceptors (Lipinski definition) is 12. The highest BCUT2D eigenvalue weighted by molar-refractivity contribution is 5.68. The summed E-state index contributed by atoms with van der Waals surface area (Å²) in [6.45, 7) is 2.96. The third kappa shape index (κ3) is 4.44. The normalized spacial score (nSPS) is 26.1. The number of nitrogens with two attached hydrogens (primary N) is 1. The molecular formula is C32H39N7O5. The summed E-state index contributed by atoms with van der Waals surface area (Å²) in [6.07, 6.45) is 5.63. The maximum Gasteiger partial charge on any atom is 0.221 e. The molecule has 2 aliphatic heterocycles. The summed E-state index contributed by atoms with van der Waals surface area (Å²) >= 11 is 0. The minimum atomic E-state index is -0.957. The fraction of sp³-hybridized carbons (Fsp3) is 0.562. The van der Waals surface area contributed by atoms with E-state index in [1.807, 2.05) is 19.1 Å². The lowest BCUT2D eigenvalue weighted by molar-refractivity contribution is -0.0607. The highest BCUT2D eigenvalue weighted by atomic mass is 16.5. The van der Waals surface area contributed by atoms with Gasteiger partial charge < -0.3 is 35.3 Å². The number of ether oxygens (including phenoxy) is 2. The smallest absolute Gasteiger partial charge is 0.221 e. The van der Waals surface area contributed by atoms with Crippen molar-refractivity contribution in [3.63, 3.8) is 0 Å². The van der Waals surface area contributed by atoms with Crippen molar-refractivity contribution in [3.8, 4) is 29.3 Å². The summed E-state index contributed by atoms with van der Waals surface area (Å²) in [4.78, 5) is 11.9. The maximum absolute atomic E-state index is 10.1. The number of aliphatic hydroxyl groups is 2. The van der Waals surface area contributed by atoms with Crippen molar-refractivity contribution in [2.75, 3.05) is 39.1 Å². The number of nitriles is 1. The zero-order valence-corrected chi connectivity index (χ0v) is 25.2. The average Bonchev–Trinajstić information content (AvgIpc) is 3.74. The van der Waals surface area contributed by atoms with Gasteiger partial charge in [-0.1, -0.05) is 11.2 Å². The summed E-state index contributed by atoms with van der Waals surface area (Å²) in [5, 5.41) is 37.6.